The Morgan fingerprint density at radius 1 is 1.00 bits per heavy atom. The molecule has 1 saturated heterocycles. The third-order valence-corrected chi connectivity index (χ3v) is 5.49. The summed E-state index contributed by atoms with van der Waals surface area (Å²) >= 11 is 0. The fourth-order valence-electron chi connectivity index (χ4n) is 4.19. The Morgan fingerprint density at radius 2 is 1.71 bits per heavy atom. The van der Waals surface area contributed by atoms with Crippen LogP contribution >= 0.6 is 0 Å². The summed E-state index contributed by atoms with van der Waals surface area (Å²) < 4.78 is 4.82. The van der Waals surface area contributed by atoms with Crippen molar-refractivity contribution in [1.29, 1.82) is 0 Å². The van der Waals surface area contributed by atoms with Crippen LogP contribution < -0.4 is 0 Å². The van der Waals surface area contributed by atoms with Gasteiger partial charge < -0.3 is 9.84 Å². The van der Waals surface area contributed by atoms with Gasteiger partial charge in [0.15, 0.2) is 5.41 Å². The molecular weight excluding hydrogens is 308 g/mol. The standard InChI is InChI=1S/C19H24O5/c20-16-15-14(13-9-5-2-1-3-6-10-13)11-7-4-8-12-19(15,17(21)22)18(23)24-16/h9H,1-8,10-12H2,(H,21,22). The monoisotopic (exact) mass is 332 g/mol. The van der Waals surface area contributed by atoms with E-state index in [4.69, 9.17) is 4.74 Å². The van der Waals surface area contributed by atoms with E-state index in [0.717, 1.165) is 56.1 Å². The molecule has 2 aliphatic carbocycles. The number of rotatable bonds is 2. The number of aliphatic carboxylic acids is 1. The largest absolute Gasteiger partial charge is 0.480 e. The molecule has 5 heteroatoms. The van der Waals surface area contributed by atoms with Crippen LogP contribution in [-0.2, 0) is 19.1 Å². The molecule has 3 aliphatic rings. The quantitative estimate of drug-likeness (QED) is 0.616. The van der Waals surface area contributed by atoms with Crippen LogP contribution in [-0.4, -0.2) is 23.0 Å². The molecular formula is C19H24O5. The van der Waals surface area contributed by atoms with Gasteiger partial charge in [0.1, 0.15) is 0 Å². The van der Waals surface area contributed by atoms with Crippen molar-refractivity contribution in [3.05, 3.63) is 22.8 Å². The molecule has 1 unspecified atom stereocenters. The summed E-state index contributed by atoms with van der Waals surface area (Å²) in [6, 6.07) is 0. The van der Waals surface area contributed by atoms with Gasteiger partial charge in [-0.3, -0.25) is 4.79 Å². The molecule has 3 rings (SSSR count). The van der Waals surface area contributed by atoms with Crippen LogP contribution in [0.1, 0.15) is 70.6 Å². The number of allylic oxidation sites excluding steroid dienone is 3. The molecule has 0 radical (unpaired) electrons. The normalized spacial score (nSPS) is 28.9. The van der Waals surface area contributed by atoms with Crippen molar-refractivity contribution < 1.29 is 24.2 Å². The summed E-state index contributed by atoms with van der Waals surface area (Å²) in [6.45, 7) is 0. The van der Waals surface area contributed by atoms with E-state index in [-0.39, 0.29) is 12.0 Å². The maximum Gasteiger partial charge on any atom is 0.343 e. The van der Waals surface area contributed by atoms with Gasteiger partial charge in [-0.05, 0) is 56.1 Å². The number of hydrogen-bond donors (Lipinski definition) is 1. The summed E-state index contributed by atoms with van der Waals surface area (Å²) in [5.74, 6) is -2.90. The van der Waals surface area contributed by atoms with E-state index in [2.05, 4.69) is 6.08 Å². The van der Waals surface area contributed by atoms with Crippen molar-refractivity contribution in [3.63, 3.8) is 0 Å². The lowest BCUT2D eigenvalue weighted by Gasteiger charge is -2.27. The number of carboxylic acid groups (broad SMARTS) is 1. The van der Waals surface area contributed by atoms with Gasteiger partial charge in [-0.1, -0.05) is 31.8 Å². The second-order valence-corrected chi connectivity index (χ2v) is 6.98. The fourth-order valence-corrected chi connectivity index (χ4v) is 4.19. The molecule has 0 spiro atoms. The SMILES string of the molecule is O=C1OC(=O)C2(C(=O)O)CCCCCC(C3=CCCCCCC3)=C12. The van der Waals surface area contributed by atoms with Crippen molar-refractivity contribution in [2.45, 2.75) is 70.6 Å². The third kappa shape index (κ3) is 2.80. The lowest BCUT2D eigenvalue weighted by molar-refractivity contribution is -0.161. The molecule has 130 valence electrons. The third-order valence-electron chi connectivity index (χ3n) is 5.49. The van der Waals surface area contributed by atoms with E-state index in [1.165, 1.54) is 6.42 Å². The molecule has 1 heterocycles. The minimum Gasteiger partial charge on any atom is -0.480 e. The second-order valence-electron chi connectivity index (χ2n) is 6.98. The zero-order valence-electron chi connectivity index (χ0n) is 13.9. The first-order valence-corrected chi connectivity index (χ1v) is 9.00. The minimum atomic E-state index is -1.80. The number of carboxylic acids is 1. The van der Waals surface area contributed by atoms with Gasteiger partial charge in [0.25, 0.3) is 0 Å². The van der Waals surface area contributed by atoms with E-state index in [1.807, 2.05) is 0 Å². The van der Waals surface area contributed by atoms with Gasteiger partial charge in [0, 0.05) is 0 Å². The molecule has 1 fully saturated rings. The van der Waals surface area contributed by atoms with Crippen molar-refractivity contribution in [2.75, 3.05) is 0 Å². The number of carbonyl (C=O) groups is 3. The summed E-state index contributed by atoms with van der Waals surface area (Å²) in [5, 5.41) is 9.81. The zero-order chi connectivity index (χ0) is 17.2. The van der Waals surface area contributed by atoms with E-state index < -0.39 is 23.3 Å². The Kier molecular flexibility index (Phi) is 4.88. The summed E-state index contributed by atoms with van der Waals surface area (Å²) in [6.07, 6.45) is 11.6. The Morgan fingerprint density at radius 3 is 2.50 bits per heavy atom. The maximum atomic E-state index is 12.4. The van der Waals surface area contributed by atoms with E-state index in [9.17, 15) is 19.5 Å². The molecule has 0 bridgehead atoms. The average Bonchev–Trinajstić information content (AvgIpc) is 2.71. The Hall–Kier alpha value is -1.91. The first-order valence-electron chi connectivity index (χ1n) is 9.00. The smallest absolute Gasteiger partial charge is 0.343 e. The summed E-state index contributed by atoms with van der Waals surface area (Å²) in [5.41, 5.74) is 0.154. The fraction of sp³-hybridized carbons (Fsp3) is 0.632. The average molecular weight is 332 g/mol. The summed E-state index contributed by atoms with van der Waals surface area (Å²) in [4.78, 5) is 36.8. The number of carbonyl (C=O) groups excluding carboxylic acids is 2. The highest BCUT2D eigenvalue weighted by molar-refractivity contribution is 6.20. The molecule has 1 N–H and O–H groups in total. The number of hydrogen-bond acceptors (Lipinski definition) is 4. The molecule has 0 aromatic heterocycles. The first-order chi connectivity index (χ1) is 11.6. The van der Waals surface area contributed by atoms with Crippen LogP contribution in [0.2, 0.25) is 0 Å². The van der Waals surface area contributed by atoms with E-state index >= 15 is 0 Å². The zero-order valence-corrected chi connectivity index (χ0v) is 13.9. The van der Waals surface area contributed by atoms with Crippen molar-refractivity contribution in [3.8, 4) is 0 Å². The van der Waals surface area contributed by atoms with Gasteiger partial charge >= 0.3 is 17.9 Å². The van der Waals surface area contributed by atoms with Crippen LogP contribution in [0.4, 0.5) is 0 Å². The first kappa shape index (κ1) is 16.9. The number of ether oxygens (including phenoxy) is 1. The molecule has 0 saturated carbocycles. The molecule has 1 atom stereocenters. The molecule has 5 nitrogen and oxygen atoms in total. The van der Waals surface area contributed by atoms with Gasteiger partial charge in [-0.2, -0.15) is 0 Å². The molecule has 0 aromatic rings. The van der Waals surface area contributed by atoms with Gasteiger partial charge in [-0.15, -0.1) is 0 Å². The highest BCUT2D eigenvalue weighted by Crippen LogP contribution is 2.47. The topological polar surface area (TPSA) is 80.7 Å². The Labute approximate surface area is 141 Å². The Balaban J connectivity index is 2.16. The Bertz CT molecular complexity index is 628. The second kappa shape index (κ2) is 6.91. The highest BCUT2D eigenvalue weighted by Gasteiger charge is 2.60. The molecule has 0 amide bonds. The lowest BCUT2D eigenvalue weighted by Crippen LogP contribution is -2.38. The minimum absolute atomic E-state index is 0.117. The van der Waals surface area contributed by atoms with Crippen molar-refractivity contribution >= 4 is 17.9 Å². The molecule has 24 heavy (non-hydrogen) atoms. The number of fused-ring (bicyclic) bond motifs is 1. The van der Waals surface area contributed by atoms with Crippen LogP contribution in [0.3, 0.4) is 0 Å². The predicted octanol–water partition coefficient (Wildman–Crippen LogP) is 3.68. The molecule has 1 aliphatic heterocycles. The van der Waals surface area contributed by atoms with Gasteiger partial charge in [0.05, 0.1) is 5.57 Å². The maximum absolute atomic E-state index is 12.4. The van der Waals surface area contributed by atoms with Crippen LogP contribution in [0.25, 0.3) is 0 Å². The number of cyclic esters (lactones) is 2. The van der Waals surface area contributed by atoms with Crippen LogP contribution in [0, 0.1) is 5.41 Å². The van der Waals surface area contributed by atoms with Crippen LogP contribution in [0.5, 0.6) is 0 Å². The lowest BCUT2D eigenvalue weighted by atomic mass is 9.71. The summed E-state index contributed by atoms with van der Waals surface area (Å²) in [7, 11) is 0. The van der Waals surface area contributed by atoms with Gasteiger partial charge in [0.2, 0.25) is 0 Å². The van der Waals surface area contributed by atoms with Crippen molar-refractivity contribution in [1.82, 2.24) is 0 Å². The number of esters is 2. The van der Waals surface area contributed by atoms with Crippen molar-refractivity contribution in [2.24, 2.45) is 5.41 Å². The predicted molar refractivity (Wildman–Crippen MR) is 87.1 cm³/mol. The molecule has 0 aromatic carbocycles. The van der Waals surface area contributed by atoms with E-state index in [0.29, 0.717) is 12.8 Å². The van der Waals surface area contributed by atoms with E-state index in [1.54, 1.807) is 0 Å². The van der Waals surface area contributed by atoms with Crippen LogP contribution in [0.15, 0.2) is 22.8 Å². The highest BCUT2D eigenvalue weighted by atomic mass is 16.6. The van der Waals surface area contributed by atoms with Gasteiger partial charge in [-0.25, -0.2) is 9.59 Å².